The predicted molar refractivity (Wildman–Crippen MR) is 43.5 cm³/mol. The van der Waals surface area contributed by atoms with E-state index in [0.29, 0.717) is 6.42 Å². The Morgan fingerprint density at radius 2 is 1.90 bits per heavy atom. The first-order valence-electron chi connectivity index (χ1n) is 3.89. The van der Waals surface area contributed by atoms with E-state index in [9.17, 15) is 0 Å². The number of allylic oxidation sites excluding steroid dienone is 1. The zero-order chi connectivity index (χ0) is 7.66. The molecular weight excluding hydrogens is 122 g/mol. The molecule has 0 aromatic heterocycles. The summed E-state index contributed by atoms with van der Waals surface area (Å²) in [6, 6.07) is 2.14. The van der Waals surface area contributed by atoms with Gasteiger partial charge in [0.15, 0.2) is 0 Å². The van der Waals surface area contributed by atoms with E-state index in [1.807, 2.05) is 6.08 Å². The number of hydrogen-bond donors (Lipinski definition) is 0. The second-order valence-corrected chi connectivity index (χ2v) is 2.40. The summed E-state index contributed by atoms with van der Waals surface area (Å²) in [5, 5.41) is 8.20. The van der Waals surface area contributed by atoms with Crippen molar-refractivity contribution < 1.29 is 0 Å². The Labute approximate surface area is 63.4 Å². The van der Waals surface area contributed by atoms with Gasteiger partial charge in [-0.05, 0) is 19.3 Å². The summed E-state index contributed by atoms with van der Waals surface area (Å²) in [5.41, 5.74) is 0. The van der Waals surface area contributed by atoms with Crippen LogP contribution in [0.4, 0.5) is 0 Å². The topological polar surface area (TPSA) is 23.8 Å². The molecule has 0 saturated carbocycles. The van der Waals surface area contributed by atoms with Gasteiger partial charge in [0.1, 0.15) is 0 Å². The molecule has 0 atom stereocenters. The molecule has 0 rings (SSSR count). The van der Waals surface area contributed by atoms with Gasteiger partial charge in [-0.3, -0.25) is 0 Å². The van der Waals surface area contributed by atoms with Crippen molar-refractivity contribution >= 4 is 0 Å². The third kappa shape index (κ3) is 7.23. The molecule has 0 aliphatic rings. The lowest BCUT2D eigenvalue weighted by Gasteiger charge is -1.93. The van der Waals surface area contributed by atoms with Crippen LogP contribution in [-0.4, -0.2) is 0 Å². The van der Waals surface area contributed by atoms with E-state index in [1.165, 1.54) is 19.3 Å². The van der Waals surface area contributed by atoms with Crippen LogP contribution >= 0.6 is 0 Å². The first-order valence-corrected chi connectivity index (χ1v) is 3.89. The molecule has 10 heavy (non-hydrogen) atoms. The van der Waals surface area contributed by atoms with Gasteiger partial charge in [-0.25, -0.2) is 0 Å². The van der Waals surface area contributed by atoms with Gasteiger partial charge in [0.05, 0.1) is 6.07 Å². The molecule has 0 unspecified atom stereocenters. The quantitative estimate of drug-likeness (QED) is 0.407. The summed E-state index contributed by atoms with van der Waals surface area (Å²) in [5.74, 6) is 0. The van der Waals surface area contributed by atoms with Crippen molar-refractivity contribution in [1.82, 2.24) is 0 Å². The zero-order valence-electron chi connectivity index (χ0n) is 6.47. The minimum atomic E-state index is 0.716. The van der Waals surface area contributed by atoms with Crippen LogP contribution in [-0.2, 0) is 0 Å². The van der Waals surface area contributed by atoms with Crippen LogP contribution in [0.15, 0.2) is 12.7 Å². The smallest absolute Gasteiger partial charge is 0.0621 e. The molecule has 0 saturated heterocycles. The number of nitrogens with zero attached hydrogens (tertiary/aromatic N) is 1. The summed E-state index contributed by atoms with van der Waals surface area (Å²) in [4.78, 5) is 0. The zero-order valence-corrected chi connectivity index (χ0v) is 6.47. The fraction of sp³-hybridized carbons (Fsp3) is 0.667. The lowest BCUT2D eigenvalue weighted by molar-refractivity contribution is 0.655. The van der Waals surface area contributed by atoms with E-state index in [2.05, 4.69) is 12.6 Å². The average molecular weight is 137 g/mol. The summed E-state index contributed by atoms with van der Waals surface area (Å²) in [6.07, 6.45) is 8.52. The highest BCUT2D eigenvalue weighted by atomic mass is 14.2. The van der Waals surface area contributed by atoms with E-state index in [4.69, 9.17) is 5.26 Å². The monoisotopic (exact) mass is 137 g/mol. The number of nitriles is 1. The highest BCUT2D eigenvalue weighted by molar-refractivity contribution is 4.69. The molecule has 0 N–H and O–H groups in total. The molecule has 1 nitrogen and oxygen atoms in total. The maximum atomic E-state index is 8.20. The average Bonchev–Trinajstić information content (AvgIpc) is 1.97. The lowest BCUT2D eigenvalue weighted by Crippen LogP contribution is -1.75. The molecule has 56 valence electrons. The molecule has 0 aromatic rings. The highest BCUT2D eigenvalue weighted by Gasteiger charge is 1.86. The molecule has 0 radical (unpaired) electrons. The molecule has 0 amide bonds. The maximum absolute atomic E-state index is 8.20. The molecule has 0 bridgehead atoms. The summed E-state index contributed by atoms with van der Waals surface area (Å²) in [7, 11) is 0. The Kier molecular flexibility index (Phi) is 7.60. The summed E-state index contributed by atoms with van der Waals surface area (Å²) < 4.78 is 0. The maximum Gasteiger partial charge on any atom is 0.0621 e. The molecule has 0 aromatic carbocycles. The van der Waals surface area contributed by atoms with Crippen molar-refractivity contribution in [1.29, 1.82) is 5.26 Å². The van der Waals surface area contributed by atoms with Crippen molar-refractivity contribution in [3.63, 3.8) is 0 Å². The van der Waals surface area contributed by atoms with Gasteiger partial charge in [-0.2, -0.15) is 5.26 Å². The Bertz CT molecular complexity index is 110. The van der Waals surface area contributed by atoms with Gasteiger partial charge in [0.25, 0.3) is 0 Å². The van der Waals surface area contributed by atoms with Gasteiger partial charge < -0.3 is 0 Å². The Hall–Kier alpha value is -0.770. The van der Waals surface area contributed by atoms with Gasteiger partial charge in [-0.1, -0.05) is 18.9 Å². The Morgan fingerprint density at radius 1 is 1.20 bits per heavy atom. The first-order chi connectivity index (χ1) is 4.91. The van der Waals surface area contributed by atoms with Gasteiger partial charge >= 0.3 is 0 Å². The second kappa shape index (κ2) is 8.23. The predicted octanol–water partition coefficient (Wildman–Crippen LogP) is 3.04. The number of rotatable bonds is 6. The highest BCUT2D eigenvalue weighted by Crippen LogP contribution is 2.04. The molecule has 0 spiro atoms. The third-order valence-electron chi connectivity index (χ3n) is 1.45. The van der Waals surface area contributed by atoms with Crippen LogP contribution in [0.1, 0.15) is 38.5 Å². The molecule has 0 heterocycles. The molecule has 0 aliphatic carbocycles. The largest absolute Gasteiger partial charge is 0.198 e. The van der Waals surface area contributed by atoms with Crippen molar-refractivity contribution in [3.8, 4) is 6.07 Å². The van der Waals surface area contributed by atoms with E-state index in [0.717, 1.165) is 12.8 Å². The van der Waals surface area contributed by atoms with E-state index < -0.39 is 0 Å². The van der Waals surface area contributed by atoms with Gasteiger partial charge in [0, 0.05) is 6.42 Å². The molecule has 0 fully saturated rings. The summed E-state index contributed by atoms with van der Waals surface area (Å²) in [6.45, 7) is 3.64. The third-order valence-corrected chi connectivity index (χ3v) is 1.45. The molecule has 0 aliphatic heterocycles. The number of hydrogen-bond acceptors (Lipinski definition) is 1. The van der Waals surface area contributed by atoms with Crippen LogP contribution in [0, 0.1) is 11.3 Å². The normalized spacial score (nSPS) is 8.70. The fourth-order valence-corrected chi connectivity index (χ4v) is 0.846. The van der Waals surface area contributed by atoms with Gasteiger partial charge in [0.2, 0.25) is 0 Å². The van der Waals surface area contributed by atoms with E-state index in [-0.39, 0.29) is 0 Å². The molecule has 1 heteroatoms. The minimum absolute atomic E-state index is 0.716. The lowest BCUT2D eigenvalue weighted by atomic mass is 10.1. The Balaban J connectivity index is 2.78. The van der Waals surface area contributed by atoms with Crippen LogP contribution in [0.2, 0.25) is 0 Å². The van der Waals surface area contributed by atoms with Gasteiger partial charge in [-0.15, -0.1) is 6.58 Å². The fourth-order valence-electron chi connectivity index (χ4n) is 0.846. The van der Waals surface area contributed by atoms with Crippen LogP contribution < -0.4 is 0 Å². The van der Waals surface area contributed by atoms with Crippen LogP contribution in [0.3, 0.4) is 0 Å². The second-order valence-electron chi connectivity index (χ2n) is 2.40. The Morgan fingerprint density at radius 3 is 2.50 bits per heavy atom. The molecular formula is C9H15N. The van der Waals surface area contributed by atoms with Crippen molar-refractivity contribution in [2.45, 2.75) is 38.5 Å². The standard InChI is InChI=1S/C9H15N/c1-2-3-4-5-6-7-8-9-10/h2H,1,3-8H2. The number of unbranched alkanes of at least 4 members (excludes halogenated alkanes) is 5. The van der Waals surface area contributed by atoms with Crippen molar-refractivity contribution in [3.05, 3.63) is 12.7 Å². The summed E-state index contributed by atoms with van der Waals surface area (Å²) >= 11 is 0. The van der Waals surface area contributed by atoms with E-state index in [1.54, 1.807) is 0 Å². The van der Waals surface area contributed by atoms with Crippen molar-refractivity contribution in [2.24, 2.45) is 0 Å². The van der Waals surface area contributed by atoms with Crippen LogP contribution in [0.5, 0.6) is 0 Å². The SMILES string of the molecule is C=CCCCCCCC#N. The van der Waals surface area contributed by atoms with E-state index >= 15 is 0 Å². The van der Waals surface area contributed by atoms with Crippen LogP contribution in [0.25, 0.3) is 0 Å². The first kappa shape index (κ1) is 9.23. The minimum Gasteiger partial charge on any atom is -0.198 e. The van der Waals surface area contributed by atoms with Crippen molar-refractivity contribution in [2.75, 3.05) is 0 Å².